The fraction of sp³-hybridized carbons (Fsp3) is 0.533. The van der Waals surface area contributed by atoms with Crippen molar-refractivity contribution in [1.82, 2.24) is 0 Å². The van der Waals surface area contributed by atoms with E-state index in [-0.39, 0.29) is 12.2 Å². The van der Waals surface area contributed by atoms with Crippen LogP contribution in [0.1, 0.15) is 36.0 Å². The van der Waals surface area contributed by atoms with Crippen LogP contribution in [0.15, 0.2) is 22.7 Å². The van der Waals surface area contributed by atoms with Gasteiger partial charge in [0.1, 0.15) is 0 Å². The smallest absolute Gasteiger partial charge is 0.335 e. The zero-order valence-corrected chi connectivity index (χ0v) is 12.9. The van der Waals surface area contributed by atoms with Crippen molar-refractivity contribution < 1.29 is 15.0 Å². The second-order valence-corrected chi connectivity index (χ2v) is 6.22. The molecule has 2 atom stereocenters. The molecule has 0 radical (unpaired) electrons. The van der Waals surface area contributed by atoms with Crippen LogP contribution >= 0.6 is 15.9 Å². The van der Waals surface area contributed by atoms with Crippen molar-refractivity contribution >= 4 is 27.6 Å². The quantitative estimate of drug-likeness (QED) is 0.767. The van der Waals surface area contributed by atoms with Gasteiger partial charge in [-0.15, -0.1) is 0 Å². The third-order valence-electron chi connectivity index (χ3n) is 4.07. The molecular weight excluding hydrogens is 322 g/mol. The summed E-state index contributed by atoms with van der Waals surface area (Å²) in [6.07, 6.45) is 4.67. The Hall–Kier alpha value is -1.07. The molecule has 1 fully saturated rings. The van der Waals surface area contributed by atoms with Crippen LogP contribution in [0.25, 0.3) is 0 Å². The minimum atomic E-state index is -0.926. The van der Waals surface area contributed by atoms with Crippen molar-refractivity contribution in [2.45, 2.75) is 25.7 Å². The molecule has 1 aliphatic rings. The van der Waals surface area contributed by atoms with E-state index in [0.29, 0.717) is 11.8 Å². The molecule has 1 aromatic rings. The van der Waals surface area contributed by atoms with Crippen LogP contribution in [0, 0.1) is 11.8 Å². The Kier molecular flexibility index (Phi) is 5.43. The summed E-state index contributed by atoms with van der Waals surface area (Å²) >= 11 is 3.40. The molecule has 2 unspecified atom stereocenters. The van der Waals surface area contributed by atoms with Crippen molar-refractivity contribution in [3.05, 3.63) is 28.2 Å². The number of aromatic carboxylic acids is 1. The maximum absolute atomic E-state index is 10.9. The molecule has 1 aromatic carbocycles. The van der Waals surface area contributed by atoms with E-state index in [4.69, 9.17) is 5.11 Å². The Labute approximate surface area is 127 Å². The normalized spacial score (nSPS) is 22.5. The Morgan fingerprint density at radius 1 is 1.30 bits per heavy atom. The lowest BCUT2D eigenvalue weighted by molar-refractivity contribution is 0.0697. The minimum Gasteiger partial charge on any atom is -0.478 e. The lowest BCUT2D eigenvalue weighted by Crippen LogP contribution is -2.28. The average molecular weight is 342 g/mol. The van der Waals surface area contributed by atoms with E-state index in [1.165, 1.54) is 12.8 Å². The van der Waals surface area contributed by atoms with Crippen LogP contribution in [0.5, 0.6) is 0 Å². The first kappa shape index (κ1) is 15.3. The van der Waals surface area contributed by atoms with Gasteiger partial charge >= 0.3 is 5.97 Å². The van der Waals surface area contributed by atoms with E-state index in [1.54, 1.807) is 18.2 Å². The Bertz CT molecular complexity index is 478. The fourth-order valence-corrected chi connectivity index (χ4v) is 3.35. The summed E-state index contributed by atoms with van der Waals surface area (Å²) in [7, 11) is 0. The number of hydrogen-bond acceptors (Lipinski definition) is 3. The summed E-state index contributed by atoms with van der Waals surface area (Å²) in [5, 5.41) is 21.7. The number of aliphatic hydroxyl groups excluding tert-OH is 1. The van der Waals surface area contributed by atoms with Gasteiger partial charge in [-0.05, 0) is 58.8 Å². The van der Waals surface area contributed by atoms with Crippen LogP contribution in [0.3, 0.4) is 0 Å². The topological polar surface area (TPSA) is 69.6 Å². The SMILES string of the molecule is O=C(O)c1ccc(NCC2CCCCC2CO)c(Br)c1. The zero-order valence-electron chi connectivity index (χ0n) is 11.3. The standard InChI is InChI=1S/C15H20BrNO3/c16-13-7-10(15(19)20)5-6-14(13)17-8-11-3-1-2-4-12(11)9-18/h5-7,11-12,17-18H,1-4,8-9H2,(H,19,20). The number of benzene rings is 1. The van der Waals surface area contributed by atoms with E-state index in [1.807, 2.05) is 0 Å². The van der Waals surface area contributed by atoms with Gasteiger partial charge in [0.25, 0.3) is 0 Å². The third kappa shape index (κ3) is 3.73. The molecule has 0 bridgehead atoms. The van der Waals surface area contributed by atoms with Crippen molar-refractivity contribution in [2.75, 3.05) is 18.5 Å². The number of rotatable bonds is 5. The second-order valence-electron chi connectivity index (χ2n) is 5.37. The molecule has 110 valence electrons. The van der Waals surface area contributed by atoms with Gasteiger partial charge in [0, 0.05) is 23.3 Å². The van der Waals surface area contributed by atoms with E-state index in [2.05, 4.69) is 21.2 Å². The van der Waals surface area contributed by atoms with Crippen LogP contribution in [-0.2, 0) is 0 Å². The number of nitrogens with one attached hydrogen (secondary N) is 1. The number of carboxylic acid groups (broad SMARTS) is 1. The lowest BCUT2D eigenvalue weighted by Gasteiger charge is -2.30. The van der Waals surface area contributed by atoms with Crippen LogP contribution in [-0.4, -0.2) is 29.3 Å². The molecule has 1 aliphatic carbocycles. The van der Waals surface area contributed by atoms with Crippen molar-refractivity contribution in [1.29, 1.82) is 0 Å². The Morgan fingerprint density at radius 3 is 2.60 bits per heavy atom. The summed E-state index contributed by atoms with van der Waals surface area (Å²) < 4.78 is 0.758. The molecule has 1 saturated carbocycles. The molecule has 4 nitrogen and oxygen atoms in total. The molecule has 0 amide bonds. The third-order valence-corrected chi connectivity index (χ3v) is 4.73. The molecule has 5 heteroatoms. The molecule has 3 N–H and O–H groups in total. The second kappa shape index (κ2) is 7.09. The number of hydrogen-bond donors (Lipinski definition) is 3. The number of carboxylic acids is 1. The van der Waals surface area contributed by atoms with Crippen molar-refractivity contribution in [3.63, 3.8) is 0 Å². The van der Waals surface area contributed by atoms with Gasteiger partial charge in [-0.2, -0.15) is 0 Å². The van der Waals surface area contributed by atoms with Gasteiger partial charge in [0.05, 0.1) is 5.56 Å². The number of carbonyl (C=O) groups is 1. The predicted octanol–water partition coefficient (Wildman–Crippen LogP) is 3.36. The van der Waals surface area contributed by atoms with Crippen molar-refractivity contribution in [3.8, 4) is 0 Å². The van der Waals surface area contributed by atoms with Gasteiger partial charge in [0.15, 0.2) is 0 Å². The van der Waals surface area contributed by atoms with Gasteiger partial charge in [-0.25, -0.2) is 4.79 Å². The number of aliphatic hydroxyl groups is 1. The molecule has 0 saturated heterocycles. The summed E-state index contributed by atoms with van der Waals surface area (Å²) in [4.78, 5) is 10.9. The zero-order chi connectivity index (χ0) is 14.5. The first-order valence-corrected chi connectivity index (χ1v) is 7.78. The molecule has 2 rings (SSSR count). The lowest BCUT2D eigenvalue weighted by atomic mass is 9.79. The van der Waals surface area contributed by atoms with Gasteiger partial charge in [-0.3, -0.25) is 0 Å². The van der Waals surface area contributed by atoms with Gasteiger partial charge < -0.3 is 15.5 Å². The Balaban J connectivity index is 1.98. The first-order chi connectivity index (χ1) is 9.61. The number of anilines is 1. The first-order valence-electron chi connectivity index (χ1n) is 6.99. The molecule has 0 heterocycles. The van der Waals surface area contributed by atoms with E-state index in [9.17, 15) is 9.90 Å². The molecular formula is C15H20BrNO3. The van der Waals surface area contributed by atoms with Gasteiger partial charge in [-0.1, -0.05) is 12.8 Å². The highest BCUT2D eigenvalue weighted by Crippen LogP contribution is 2.31. The van der Waals surface area contributed by atoms with Gasteiger partial charge in [0.2, 0.25) is 0 Å². The number of halogens is 1. The highest BCUT2D eigenvalue weighted by atomic mass is 79.9. The maximum Gasteiger partial charge on any atom is 0.335 e. The fourth-order valence-electron chi connectivity index (χ4n) is 2.83. The van der Waals surface area contributed by atoms with Crippen molar-refractivity contribution in [2.24, 2.45) is 11.8 Å². The van der Waals surface area contributed by atoms with E-state index >= 15 is 0 Å². The summed E-state index contributed by atoms with van der Waals surface area (Å²) in [6, 6.07) is 4.99. The van der Waals surface area contributed by atoms with E-state index < -0.39 is 5.97 Å². The molecule has 0 aliphatic heterocycles. The monoisotopic (exact) mass is 341 g/mol. The summed E-state index contributed by atoms with van der Waals surface area (Å²) in [6.45, 7) is 1.07. The van der Waals surface area contributed by atoms with Crippen LogP contribution in [0.4, 0.5) is 5.69 Å². The summed E-state index contributed by atoms with van der Waals surface area (Å²) in [5.74, 6) is -0.0574. The Morgan fingerprint density at radius 2 is 2.00 bits per heavy atom. The molecule has 0 spiro atoms. The predicted molar refractivity (Wildman–Crippen MR) is 82.1 cm³/mol. The van der Waals surface area contributed by atoms with E-state index in [0.717, 1.165) is 29.5 Å². The molecule has 20 heavy (non-hydrogen) atoms. The minimum absolute atomic E-state index is 0.255. The average Bonchev–Trinajstić information content (AvgIpc) is 2.46. The highest BCUT2D eigenvalue weighted by Gasteiger charge is 2.24. The summed E-state index contributed by atoms with van der Waals surface area (Å²) in [5.41, 5.74) is 1.17. The highest BCUT2D eigenvalue weighted by molar-refractivity contribution is 9.10. The van der Waals surface area contributed by atoms with Crippen LogP contribution < -0.4 is 5.32 Å². The van der Waals surface area contributed by atoms with Crippen LogP contribution in [0.2, 0.25) is 0 Å². The largest absolute Gasteiger partial charge is 0.478 e. The molecule has 0 aromatic heterocycles. The maximum atomic E-state index is 10.9.